The first kappa shape index (κ1) is 18.6. The normalized spacial score (nSPS) is 46.2. The lowest BCUT2D eigenvalue weighted by Gasteiger charge is -2.65. The van der Waals surface area contributed by atoms with E-state index in [4.69, 9.17) is 28.3 Å². The molecule has 21 heavy (non-hydrogen) atoms. The third-order valence-corrected chi connectivity index (χ3v) is 5.81. The molecule has 0 heterocycles. The number of aliphatic carboxylic acids is 1. The Balaban J connectivity index is 0.000000192. The van der Waals surface area contributed by atoms with Crippen molar-refractivity contribution in [1.82, 2.24) is 0 Å². The Hall–Kier alpha value is -0.480. The summed E-state index contributed by atoms with van der Waals surface area (Å²) in [5.41, 5.74) is -0.543. The van der Waals surface area contributed by atoms with Gasteiger partial charge in [0, 0.05) is 9.75 Å². The van der Waals surface area contributed by atoms with Crippen molar-refractivity contribution in [3.8, 4) is 0 Å². The maximum Gasteiger partial charge on any atom is 0.311 e. The average Bonchev–Trinajstić information content (AvgIpc) is 2.17. The molecule has 4 bridgehead atoms. The smallest absolute Gasteiger partial charge is 0.311 e. The molecule has 0 amide bonds. The highest BCUT2D eigenvalue weighted by Gasteiger charge is 2.72. The zero-order valence-electron chi connectivity index (χ0n) is 10.7. The summed E-state index contributed by atoms with van der Waals surface area (Å²) in [6, 6.07) is 0. The molecule has 122 valence electrons. The van der Waals surface area contributed by atoms with Crippen molar-refractivity contribution in [1.29, 1.82) is 0 Å². The Morgan fingerprint density at radius 1 is 0.905 bits per heavy atom. The van der Waals surface area contributed by atoms with E-state index >= 15 is 0 Å². The highest BCUT2D eigenvalue weighted by molar-refractivity contribution is 6.27. The zero-order valence-corrected chi connectivity index (χ0v) is 12.2. The summed E-state index contributed by atoms with van der Waals surface area (Å²) in [7, 11) is 1.43. The van der Waals surface area contributed by atoms with Crippen LogP contribution >= 0.6 is 23.2 Å². The monoisotopic (exact) mass is 338 g/mol. The molecule has 0 spiro atoms. The quantitative estimate of drug-likeness (QED) is 0.613. The topological polar surface area (TPSA) is 63.6 Å². The first-order valence-corrected chi connectivity index (χ1v) is 7.12. The summed E-state index contributed by atoms with van der Waals surface area (Å²) >= 11 is 11.8. The second kappa shape index (κ2) is 5.02. The van der Waals surface area contributed by atoms with Crippen LogP contribution in [-0.4, -0.2) is 33.9 Å². The second-order valence-corrected chi connectivity index (χ2v) is 8.32. The number of carboxylic acid groups (broad SMARTS) is 1. The SMILES string of the molecule is C.C.COC(=O)C12CC(Cl)(C1)C2.O=C(O)C12CC(Cl)(C1)C2. The van der Waals surface area contributed by atoms with Crippen molar-refractivity contribution in [2.75, 3.05) is 7.11 Å². The van der Waals surface area contributed by atoms with Gasteiger partial charge in [0.1, 0.15) is 0 Å². The lowest BCUT2D eigenvalue weighted by atomic mass is 9.44. The fraction of sp³-hybridized carbons (Fsp3) is 0.867. The summed E-state index contributed by atoms with van der Waals surface area (Å²) in [5.74, 6) is -0.736. The van der Waals surface area contributed by atoms with Gasteiger partial charge in [-0.15, -0.1) is 23.2 Å². The van der Waals surface area contributed by atoms with Crippen LogP contribution in [0.15, 0.2) is 0 Å². The first-order valence-electron chi connectivity index (χ1n) is 6.36. The van der Waals surface area contributed by atoms with Crippen molar-refractivity contribution in [3.63, 3.8) is 0 Å². The van der Waals surface area contributed by atoms with E-state index in [-0.39, 0.29) is 41.4 Å². The van der Waals surface area contributed by atoms with E-state index in [1.807, 2.05) is 0 Å². The van der Waals surface area contributed by atoms with Gasteiger partial charge in [-0.3, -0.25) is 9.59 Å². The summed E-state index contributed by atoms with van der Waals surface area (Å²) < 4.78 is 4.64. The number of carbonyl (C=O) groups is 2. The molecule has 6 fully saturated rings. The molecule has 6 aliphatic rings. The highest BCUT2D eigenvalue weighted by Crippen LogP contribution is 2.71. The van der Waals surface area contributed by atoms with Gasteiger partial charge >= 0.3 is 11.9 Å². The number of halogens is 2. The highest BCUT2D eigenvalue weighted by atomic mass is 35.5. The fourth-order valence-electron chi connectivity index (χ4n) is 3.99. The van der Waals surface area contributed by atoms with Crippen LogP contribution in [0.1, 0.15) is 53.4 Å². The molecule has 4 nitrogen and oxygen atoms in total. The van der Waals surface area contributed by atoms with Crippen LogP contribution in [-0.2, 0) is 14.3 Å². The number of hydrogen-bond acceptors (Lipinski definition) is 3. The van der Waals surface area contributed by atoms with Gasteiger partial charge in [0.2, 0.25) is 0 Å². The fourth-order valence-corrected chi connectivity index (χ4v) is 5.52. The molecule has 6 saturated carbocycles. The van der Waals surface area contributed by atoms with E-state index in [1.54, 1.807) is 0 Å². The molecule has 0 radical (unpaired) electrons. The Bertz CT molecular complexity index is 435. The number of esters is 1. The molecule has 0 aromatic rings. The van der Waals surface area contributed by atoms with Gasteiger partial charge in [-0.25, -0.2) is 0 Å². The predicted molar refractivity (Wildman–Crippen MR) is 82.8 cm³/mol. The maximum absolute atomic E-state index is 11.0. The van der Waals surface area contributed by atoms with E-state index in [0.29, 0.717) is 19.3 Å². The van der Waals surface area contributed by atoms with E-state index in [0.717, 1.165) is 19.3 Å². The van der Waals surface area contributed by atoms with Gasteiger partial charge in [0.05, 0.1) is 17.9 Å². The minimum atomic E-state index is -0.662. The number of carbonyl (C=O) groups excluding carboxylic acids is 1. The number of hydrogen-bond donors (Lipinski definition) is 1. The van der Waals surface area contributed by atoms with Gasteiger partial charge in [-0.05, 0) is 38.5 Å². The number of ether oxygens (including phenoxy) is 1. The molecule has 0 aromatic heterocycles. The molecule has 0 aromatic carbocycles. The molecule has 1 N–H and O–H groups in total. The lowest BCUT2D eigenvalue weighted by Crippen LogP contribution is -2.67. The average molecular weight is 339 g/mol. The van der Waals surface area contributed by atoms with Crippen LogP contribution < -0.4 is 0 Å². The van der Waals surface area contributed by atoms with Gasteiger partial charge in [-0.1, -0.05) is 14.9 Å². The van der Waals surface area contributed by atoms with Crippen LogP contribution in [0.2, 0.25) is 0 Å². The molecule has 0 saturated heterocycles. The molecule has 6 aliphatic carbocycles. The summed E-state index contributed by atoms with van der Waals surface area (Å²) in [6.45, 7) is 0. The van der Waals surface area contributed by atoms with E-state index in [1.165, 1.54) is 7.11 Å². The molecule has 0 atom stereocenters. The van der Waals surface area contributed by atoms with Crippen molar-refractivity contribution in [2.45, 2.75) is 63.1 Å². The number of alkyl halides is 2. The molecular formula is C15H24Cl2O4. The largest absolute Gasteiger partial charge is 0.481 e. The van der Waals surface area contributed by atoms with E-state index in [9.17, 15) is 9.59 Å². The van der Waals surface area contributed by atoms with Crippen molar-refractivity contribution in [3.05, 3.63) is 0 Å². The lowest BCUT2D eigenvalue weighted by molar-refractivity contribution is -0.182. The molecule has 6 heteroatoms. The second-order valence-electron chi connectivity index (χ2n) is 6.72. The number of carboxylic acids is 1. The zero-order chi connectivity index (χ0) is 14.1. The van der Waals surface area contributed by atoms with Crippen LogP contribution in [0, 0.1) is 10.8 Å². The standard InChI is InChI=1S/C7H9ClO2.C6H7ClO2.2CH4/c1-10-5(9)6-2-7(8,3-6)4-6;7-6-1-5(2-6,3-6)4(8)9;;/h2-4H2,1H3;1-3H2,(H,8,9);2*1H4. The Morgan fingerprint density at radius 3 is 1.43 bits per heavy atom. The minimum Gasteiger partial charge on any atom is -0.481 e. The van der Waals surface area contributed by atoms with E-state index in [2.05, 4.69) is 4.74 Å². The van der Waals surface area contributed by atoms with Crippen molar-refractivity contribution in [2.24, 2.45) is 10.8 Å². The van der Waals surface area contributed by atoms with Crippen LogP contribution in [0.5, 0.6) is 0 Å². The van der Waals surface area contributed by atoms with Gasteiger partial charge in [0.15, 0.2) is 0 Å². The van der Waals surface area contributed by atoms with Gasteiger partial charge in [-0.2, -0.15) is 0 Å². The van der Waals surface area contributed by atoms with Crippen LogP contribution in [0.25, 0.3) is 0 Å². The Morgan fingerprint density at radius 2 is 1.24 bits per heavy atom. The summed E-state index contributed by atoms with van der Waals surface area (Å²) in [4.78, 5) is 21.3. The molecule has 0 unspecified atom stereocenters. The maximum atomic E-state index is 11.0. The van der Waals surface area contributed by atoms with Crippen LogP contribution in [0.3, 0.4) is 0 Å². The van der Waals surface area contributed by atoms with E-state index < -0.39 is 5.97 Å². The van der Waals surface area contributed by atoms with Gasteiger partial charge < -0.3 is 9.84 Å². The molecule has 6 rings (SSSR count). The number of rotatable bonds is 2. The molecule has 0 aliphatic heterocycles. The minimum absolute atomic E-state index is 0. The Labute approximate surface area is 136 Å². The summed E-state index contributed by atoms with van der Waals surface area (Å²) in [5, 5.41) is 8.59. The van der Waals surface area contributed by atoms with Crippen molar-refractivity contribution >= 4 is 35.1 Å². The first-order chi connectivity index (χ1) is 8.67. The Kier molecular flexibility index (Phi) is 4.44. The van der Waals surface area contributed by atoms with Crippen LogP contribution in [0.4, 0.5) is 0 Å². The van der Waals surface area contributed by atoms with Gasteiger partial charge in [0.25, 0.3) is 0 Å². The summed E-state index contributed by atoms with van der Waals surface area (Å²) in [6.07, 6.45) is 4.56. The predicted octanol–water partition coefficient (Wildman–Crippen LogP) is 3.83. The third kappa shape index (κ3) is 2.44. The number of methoxy groups -OCH3 is 1. The third-order valence-electron chi connectivity index (χ3n) is 5.00. The van der Waals surface area contributed by atoms with Crippen molar-refractivity contribution < 1.29 is 19.4 Å². The molecular weight excluding hydrogens is 315 g/mol.